The van der Waals surface area contributed by atoms with E-state index in [4.69, 9.17) is 11.5 Å². The van der Waals surface area contributed by atoms with Gasteiger partial charge in [-0.3, -0.25) is 86.9 Å². The number of ketones is 5. The number of nitrogens with zero attached hydrogens (tertiary/aromatic N) is 4. The van der Waals surface area contributed by atoms with Crippen molar-refractivity contribution in [2.45, 2.75) is 168 Å². The minimum absolute atomic E-state index is 0.00702. The number of rotatable bonds is 29. The summed E-state index contributed by atoms with van der Waals surface area (Å²) in [6, 6.07) is 3.15. The largest absolute Gasteiger partial charge is 0.388 e. The molecule has 94 heavy (non-hydrogen) atoms. The van der Waals surface area contributed by atoms with Gasteiger partial charge in [-0.1, -0.05) is 54.6 Å². The summed E-state index contributed by atoms with van der Waals surface area (Å²) in [6.45, 7) is 7.40. The van der Waals surface area contributed by atoms with Crippen LogP contribution in [0.4, 0.5) is 0 Å². The van der Waals surface area contributed by atoms with Crippen molar-refractivity contribution in [3.8, 4) is 0 Å². The van der Waals surface area contributed by atoms with Crippen LogP contribution in [-0.4, -0.2) is 172 Å². The molecule has 10 N–H and O–H groups in total. The lowest BCUT2D eigenvalue weighted by atomic mass is 9.85. The van der Waals surface area contributed by atoms with Crippen LogP contribution in [0.15, 0.2) is 64.6 Å². The van der Waals surface area contributed by atoms with E-state index in [0.29, 0.717) is 56.0 Å². The van der Waals surface area contributed by atoms with Crippen molar-refractivity contribution in [3.63, 3.8) is 0 Å². The summed E-state index contributed by atoms with van der Waals surface area (Å²) >= 11 is 0. The Morgan fingerprint density at radius 3 is 1.65 bits per heavy atom. The molecule has 0 spiro atoms. The first-order valence-corrected chi connectivity index (χ1v) is 32.7. The summed E-state index contributed by atoms with van der Waals surface area (Å²) in [4.78, 5) is 205. The van der Waals surface area contributed by atoms with Crippen molar-refractivity contribution in [3.05, 3.63) is 60.2 Å². The number of carbonyl (C=O) groups excluding carboxylic acids is 15. The third kappa shape index (κ3) is 19.6. The Morgan fingerprint density at radius 1 is 0.564 bits per heavy atom. The van der Waals surface area contributed by atoms with E-state index in [1.807, 2.05) is 24.3 Å². The van der Waals surface area contributed by atoms with Gasteiger partial charge in [-0.25, -0.2) is 0 Å². The molecular formula is C67H90N12O15. The number of amides is 10. The smallest absolute Gasteiger partial charge is 0.243 e. The van der Waals surface area contributed by atoms with E-state index in [0.717, 1.165) is 17.7 Å². The van der Waals surface area contributed by atoms with E-state index in [1.165, 1.54) is 25.7 Å². The van der Waals surface area contributed by atoms with Gasteiger partial charge in [0, 0.05) is 77.0 Å². The lowest BCUT2D eigenvalue weighted by Crippen LogP contribution is -2.57. The molecule has 1 aromatic carbocycles. The van der Waals surface area contributed by atoms with Crippen molar-refractivity contribution >= 4 is 99.7 Å². The lowest BCUT2D eigenvalue weighted by molar-refractivity contribution is -0.142. The van der Waals surface area contributed by atoms with Crippen LogP contribution in [0.1, 0.15) is 136 Å². The Bertz CT molecular complexity index is 3170. The van der Waals surface area contributed by atoms with Crippen LogP contribution >= 0.6 is 0 Å². The van der Waals surface area contributed by atoms with Crippen molar-refractivity contribution < 1.29 is 71.9 Å². The molecule has 0 aromatic heterocycles. The second kappa shape index (κ2) is 33.8. The highest BCUT2D eigenvalue weighted by molar-refractivity contribution is 6.08. The topological polar surface area (TPSA) is 411 Å². The maximum Gasteiger partial charge on any atom is 0.243 e. The summed E-state index contributed by atoms with van der Waals surface area (Å²) in [5.41, 5.74) is 11.9. The number of Topliss-reactive ketones (excluding diaryl/α,β-unsaturated/α-hetero) is 5. The Hall–Kier alpha value is -8.91. The van der Waals surface area contributed by atoms with E-state index < -0.39 is 89.7 Å². The number of amidine groups is 2. The molecule has 27 nitrogen and oxygen atoms in total. The number of unbranched alkanes of at least 4 members (excludes halogenated alkanes) is 1. The molecule has 508 valence electrons. The summed E-state index contributed by atoms with van der Waals surface area (Å²) in [6.07, 6.45) is 10.7. The molecule has 5 fully saturated rings. The minimum atomic E-state index is -1.32. The third-order valence-corrected chi connectivity index (χ3v) is 18.5. The van der Waals surface area contributed by atoms with Gasteiger partial charge in [-0.15, -0.1) is 0 Å². The first kappa shape index (κ1) is 72.5. The number of hydrogen-bond acceptors (Lipinski definition) is 17. The van der Waals surface area contributed by atoms with Gasteiger partial charge in [0.15, 0.2) is 11.6 Å². The maximum atomic E-state index is 14.1. The predicted molar refractivity (Wildman–Crippen MR) is 342 cm³/mol. The number of likely N-dealkylation sites (tertiary alicyclic amines) is 2. The summed E-state index contributed by atoms with van der Waals surface area (Å²) < 4.78 is 0. The normalized spacial score (nSPS) is 27.3. The van der Waals surface area contributed by atoms with E-state index in [-0.39, 0.29) is 166 Å². The molecule has 4 bridgehead atoms. The van der Waals surface area contributed by atoms with Gasteiger partial charge in [-0.05, 0) is 122 Å². The fourth-order valence-electron chi connectivity index (χ4n) is 13.8. The van der Waals surface area contributed by atoms with Crippen LogP contribution in [0.25, 0.3) is 0 Å². The number of aliphatic imine (C=N–C) groups is 2. The zero-order chi connectivity index (χ0) is 68.5. The van der Waals surface area contributed by atoms with E-state index >= 15 is 0 Å². The number of hydrogen-bond donors (Lipinski definition) is 8. The number of benzene rings is 1. The second-order valence-electron chi connectivity index (χ2n) is 25.9. The number of imide groups is 2. The first-order valence-electron chi connectivity index (χ1n) is 32.7. The Balaban J connectivity index is 0.000000278. The third-order valence-electron chi connectivity index (χ3n) is 18.5. The highest BCUT2D eigenvalue weighted by atomic mass is 16.2. The van der Waals surface area contributed by atoms with Crippen molar-refractivity contribution in [1.82, 2.24) is 41.7 Å². The average Bonchev–Trinajstić information content (AvgIpc) is 1.59. The molecule has 4 aliphatic carbocycles. The maximum absolute atomic E-state index is 14.1. The van der Waals surface area contributed by atoms with Crippen LogP contribution in [0, 0.1) is 53.3 Å². The Labute approximate surface area is 546 Å². The van der Waals surface area contributed by atoms with Gasteiger partial charge < -0.3 is 48.2 Å². The van der Waals surface area contributed by atoms with Crippen molar-refractivity contribution in [1.29, 1.82) is 0 Å². The first-order chi connectivity index (χ1) is 44.7. The summed E-state index contributed by atoms with van der Waals surface area (Å²) in [7, 11) is 0. The van der Waals surface area contributed by atoms with Gasteiger partial charge in [0.1, 0.15) is 35.5 Å². The molecule has 3 heterocycles. The fraction of sp³-hybridized carbons (Fsp3) is 0.597. The van der Waals surface area contributed by atoms with Gasteiger partial charge in [0.25, 0.3) is 0 Å². The lowest BCUT2D eigenvalue weighted by Gasteiger charge is -2.26. The van der Waals surface area contributed by atoms with Crippen molar-refractivity contribution in [2.24, 2.45) is 74.7 Å². The van der Waals surface area contributed by atoms with Gasteiger partial charge in [0.05, 0.1) is 54.0 Å². The monoisotopic (exact) mass is 1300 g/mol. The second-order valence-corrected chi connectivity index (χ2v) is 25.9. The molecule has 14 atom stereocenters. The van der Waals surface area contributed by atoms with Crippen LogP contribution < -0.4 is 43.4 Å². The number of carbonyl (C=O) groups is 15. The van der Waals surface area contributed by atoms with Crippen LogP contribution in [0.2, 0.25) is 0 Å². The molecule has 10 amide bonds. The summed E-state index contributed by atoms with van der Waals surface area (Å²) in [5.74, 6) is -7.64. The van der Waals surface area contributed by atoms with Crippen molar-refractivity contribution in [2.75, 3.05) is 32.7 Å². The fourth-order valence-corrected chi connectivity index (χ4v) is 13.8. The Morgan fingerprint density at radius 2 is 1.11 bits per heavy atom. The standard InChI is InChI=1S/C39H51N7O8.C28H39N5O7/c1-22(47)17-29-36(51)45-30(18-24-9-4-3-5-10-24)37(52)44-28(12-6-7-16-46-38(53)33-25-13-14-26(19-25)34(33)39(46)54)31(48)20-27(11-8-15-41-23(2)40)35(50)42-21-32(49)43-29;1-15(34)6-9-22(36)21(13-16(2)35)32-26(38)20(5-4-11-30-17(3)29)31-23(37)10-12-33-27(39)24-18-7-8-19(14-18)25(24)28(33)40/h3-5,9-10,13-14,25-30,33-34H,6-8,11-12,15-21H2,1-2H3,(H2,40,41)(H,42,50)(H,43,49)(H,44,52)(H,45,51);7-8,18-21,24-25H,4-6,9-14H2,1-3H3,(H2,29,30)(H,31,37)(H,32,38)/t25-,26?,27+,28-,29?,30+,33?,34-;18-,19?,20-,21-,24?,25-/m00/s1. The number of nitrogens with two attached hydrogens (primary N) is 2. The number of allylic oxidation sites excluding steroid dienone is 4. The molecule has 3 saturated heterocycles. The SMILES string of the molecule is CC(=O)CC1NC(=O)CNC(=O)[C@H](CCCN=C(C)N)CC(=O)[C@H](CCCCN2C(=O)C3[C@@H](C2=O)C2C=C[C@H]3C2)NC(=O)[C@@H](Cc2ccccc2)NC1=O.CC(=O)CCC(=O)[C@H](CC(C)=O)NC(=O)[C@H](CCCN=C(C)N)NC(=O)CCN1C(=O)C2[C@@H](C1=O)C1C=C[C@H]2C1. The molecular weight excluding hydrogens is 1210 g/mol. The zero-order valence-corrected chi connectivity index (χ0v) is 54.2. The highest BCUT2D eigenvalue weighted by Gasteiger charge is 2.60. The predicted octanol–water partition coefficient (Wildman–Crippen LogP) is 0.730. The van der Waals surface area contributed by atoms with Crippen LogP contribution in [0.5, 0.6) is 0 Å². The van der Waals surface area contributed by atoms with E-state index in [2.05, 4.69) is 41.9 Å². The zero-order valence-electron chi connectivity index (χ0n) is 54.2. The molecule has 7 aliphatic rings. The molecule has 8 rings (SSSR count). The van der Waals surface area contributed by atoms with Gasteiger partial charge in [0.2, 0.25) is 59.1 Å². The Kier molecular flexibility index (Phi) is 26.1. The number of nitrogens with one attached hydrogen (secondary N) is 6. The van der Waals surface area contributed by atoms with Crippen LogP contribution in [-0.2, 0) is 78.3 Å². The number of fused-ring (bicyclic) bond motifs is 10. The quantitative estimate of drug-likeness (QED) is 0.0180. The molecule has 1 aromatic rings. The summed E-state index contributed by atoms with van der Waals surface area (Å²) in [5, 5.41) is 15.8. The van der Waals surface area contributed by atoms with E-state index in [9.17, 15) is 71.9 Å². The molecule has 3 aliphatic heterocycles. The van der Waals surface area contributed by atoms with E-state index in [1.54, 1.807) is 44.2 Å². The van der Waals surface area contributed by atoms with Gasteiger partial charge >= 0.3 is 0 Å². The highest BCUT2D eigenvalue weighted by Crippen LogP contribution is 2.53. The molecule has 2 saturated carbocycles. The van der Waals surface area contributed by atoms with Gasteiger partial charge in [-0.2, -0.15) is 0 Å². The average molecular weight is 1300 g/mol. The molecule has 5 unspecified atom stereocenters. The molecule has 0 radical (unpaired) electrons. The molecule has 27 heteroatoms. The minimum Gasteiger partial charge on any atom is -0.388 e. The van der Waals surface area contributed by atoms with Crippen LogP contribution in [0.3, 0.4) is 0 Å².